The maximum absolute atomic E-state index is 13.6. The Balaban J connectivity index is 2.17. The molecule has 5 nitrogen and oxygen atoms in total. The fourth-order valence-corrected chi connectivity index (χ4v) is 1.97. The van der Waals surface area contributed by atoms with Gasteiger partial charge in [-0.2, -0.15) is 4.98 Å². The average Bonchev–Trinajstić information content (AvgIpc) is 2.30. The van der Waals surface area contributed by atoms with Gasteiger partial charge in [-0.25, -0.2) is 15.2 Å². The fraction of sp³-hybridized carbons (Fsp3) is 0.636. The summed E-state index contributed by atoms with van der Waals surface area (Å²) in [6.45, 7) is 6.08. The molecule has 1 aliphatic heterocycles. The lowest BCUT2D eigenvalue weighted by Gasteiger charge is -2.37. The molecule has 0 saturated carbocycles. The molecular formula is C11H18FN5. The molecular weight excluding hydrogens is 221 g/mol. The first-order valence-electron chi connectivity index (χ1n) is 5.76. The van der Waals surface area contributed by atoms with Crippen LogP contribution in [0.5, 0.6) is 0 Å². The van der Waals surface area contributed by atoms with Crippen LogP contribution in [0.3, 0.4) is 0 Å². The van der Waals surface area contributed by atoms with Crippen molar-refractivity contribution in [1.29, 1.82) is 0 Å². The first-order valence-corrected chi connectivity index (χ1v) is 5.76. The Morgan fingerprint density at radius 2 is 2.06 bits per heavy atom. The Hall–Kier alpha value is -1.43. The number of rotatable bonds is 2. The molecule has 0 aromatic carbocycles. The van der Waals surface area contributed by atoms with Crippen LogP contribution >= 0.6 is 0 Å². The minimum Gasteiger partial charge on any atom is -0.354 e. The lowest BCUT2D eigenvalue weighted by molar-refractivity contribution is 0.278. The molecule has 0 unspecified atom stereocenters. The van der Waals surface area contributed by atoms with E-state index < -0.39 is 5.82 Å². The topological polar surface area (TPSA) is 67.1 Å². The molecule has 0 amide bonds. The van der Waals surface area contributed by atoms with Crippen LogP contribution in [0.25, 0.3) is 0 Å². The molecule has 6 heteroatoms. The summed E-state index contributed by atoms with van der Waals surface area (Å²) in [4.78, 5) is 9.75. The van der Waals surface area contributed by atoms with Gasteiger partial charge in [0, 0.05) is 13.1 Å². The number of anilines is 2. The predicted octanol–water partition coefficient (Wildman–Crippen LogP) is 1.53. The number of hydrogen-bond donors (Lipinski definition) is 2. The van der Waals surface area contributed by atoms with E-state index in [2.05, 4.69) is 29.2 Å². The molecule has 1 aromatic heterocycles. The van der Waals surface area contributed by atoms with Crippen molar-refractivity contribution in [2.24, 2.45) is 11.3 Å². The van der Waals surface area contributed by atoms with Crippen LogP contribution in [-0.2, 0) is 0 Å². The zero-order valence-corrected chi connectivity index (χ0v) is 10.2. The van der Waals surface area contributed by atoms with Gasteiger partial charge < -0.3 is 4.90 Å². The van der Waals surface area contributed by atoms with Crippen molar-refractivity contribution in [2.45, 2.75) is 26.7 Å². The van der Waals surface area contributed by atoms with Gasteiger partial charge in [-0.05, 0) is 18.3 Å². The van der Waals surface area contributed by atoms with Crippen molar-refractivity contribution < 1.29 is 4.39 Å². The van der Waals surface area contributed by atoms with Crippen LogP contribution in [0, 0.1) is 11.2 Å². The van der Waals surface area contributed by atoms with E-state index in [4.69, 9.17) is 5.84 Å². The normalized spacial score (nSPS) is 19.2. The first kappa shape index (κ1) is 12.0. The highest BCUT2D eigenvalue weighted by Gasteiger charge is 2.27. The van der Waals surface area contributed by atoms with Gasteiger partial charge in [0.15, 0.2) is 11.6 Å². The lowest BCUT2D eigenvalue weighted by Crippen LogP contribution is -2.38. The molecule has 1 aliphatic rings. The standard InChI is InChI=1S/C11H18FN5/c1-11(2)3-5-17(6-4-11)9-8(12)7-14-10(15-9)16-13/h7H,3-6,13H2,1-2H3,(H,14,15,16). The lowest BCUT2D eigenvalue weighted by atomic mass is 9.83. The minimum absolute atomic E-state index is 0.242. The Bertz CT molecular complexity index is 397. The second-order valence-corrected chi connectivity index (χ2v) is 5.16. The number of nitrogen functional groups attached to an aromatic ring is 1. The van der Waals surface area contributed by atoms with E-state index >= 15 is 0 Å². The molecule has 3 N–H and O–H groups in total. The summed E-state index contributed by atoms with van der Waals surface area (Å²) in [6, 6.07) is 0. The molecule has 1 aromatic rings. The van der Waals surface area contributed by atoms with E-state index in [1.54, 1.807) is 0 Å². The summed E-state index contributed by atoms with van der Waals surface area (Å²) < 4.78 is 13.6. The van der Waals surface area contributed by atoms with Crippen molar-refractivity contribution in [3.05, 3.63) is 12.0 Å². The molecule has 17 heavy (non-hydrogen) atoms. The van der Waals surface area contributed by atoms with E-state index in [9.17, 15) is 4.39 Å². The quantitative estimate of drug-likeness (QED) is 0.605. The monoisotopic (exact) mass is 239 g/mol. The molecule has 0 bridgehead atoms. The van der Waals surface area contributed by atoms with E-state index in [0.29, 0.717) is 11.2 Å². The van der Waals surface area contributed by atoms with Gasteiger partial charge in [0.1, 0.15) is 0 Å². The molecule has 0 radical (unpaired) electrons. The highest BCUT2D eigenvalue weighted by molar-refractivity contribution is 5.44. The summed E-state index contributed by atoms with van der Waals surface area (Å²) in [5.74, 6) is 5.40. The summed E-state index contributed by atoms with van der Waals surface area (Å²) in [6.07, 6.45) is 3.21. The Morgan fingerprint density at radius 3 is 2.65 bits per heavy atom. The summed E-state index contributed by atoms with van der Waals surface area (Å²) in [5, 5.41) is 0. The summed E-state index contributed by atoms with van der Waals surface area (Å²) in [5.41, 5.74) is 2.66. The van der Waals surface area contributed by atoms with Crippen molar-refractivity contribution in [3.63, 3.8) is 0 Å². The second kappa shape index (κ2) is 4.44. The van der Waals surface area contributed by atoms with Crippen LogP contribution in [-0.4, -0.2) is 23.1 Å². The van der Waals surface area contributed by atoms with Crippen molar-refractivity contribution in [1.82, 2.24) is 9.97 Å². The molecule has 94 valence electrons. The Morgan fingerprint density at radius 1 is 1.41 bits per heavy atom. The molecule has 0 spiro atoms. The van der Waals surface area contributed by atoms with E-state index in [-0.39, 0.29) is 5.95 Å². The van der Waals surface area contributed by atoms with Crippen molar-refractivity contribution in [3.8, 4) is 0 Å². The predicted molar refractivity (Wildman–Crippen MR) is 65.0 cm³/mol. The third kappa shape index (κ3) is 2.63. The van der Waals surface area contributed by atoms with E-state index in [0.717, 1.165) is 32.1 Å². The number of nitrogens with two attached hydrogens (primary N) is 1. The van der Waals surface area contributed by atoms with E-state index in [1.165, 1.54) is 0 Å². The van der Waals surface area contributed by atoms with Gasteiger partial charge in [-0.1, -0.05) is 13.8 Å². The fourth-order valence-electron chi connectivity index (χ4n) is 1.97. The van der Waals surface area contributed by atoms with Crippen molar-refractivity contribution in [2.75, 3.05) is 23.4 Å². The summed E-state index contributed by atoms with van der Waals surface area (Å²) in [7, 11) is 0. The molecule has 1 fully saturated rings. The number of hydrazine groups is 1. The van der Waals surface area contributed by atoms with Crippen molar-refractivity contribution >= 4 is 11.8 Å². The molecule has 0 aliphatic carbocycles. The van der Waals surface area contributed by atoms with Gasteiger partial charge in [0.2, 0.25) is 5.95 Å². The van der Waals surface area contributed by atoms with Crippen LogP contribution < -0.4 is 16.2 Å². The van der Waals surface area contributed by atoms with Crippen LogP contribution in [0.15, 0.2) is 6.20 Å². The minimum atomic E-state index is -0.399. The van der Waals surface area contributed by atoms with Gasteiger partial charge in [-0.3, -0.25) is 5.43 Å². The highest BCUT2D eigenvalue weighted by Crippen LogP contribution is 2.32. The third-order valence-electron chi connectivity index (χ3n) is 3.27. The summed E-state index contributed by atoms with van der Waals surface area (Å²) >= 11 is 0. The number of nitrogens with one attached hydrogen (secondary N) is 1. The van der Waals surface area contributed by atoms with Crippen LogP contribution in [0.4, 0.5) is 16.2 Å². The maximum atomic E-state index is 13.6. The van der Waals surface area contributed by atoms with Gasteiger partial charge in [0.25, 0.3) is 0 Å². The van der Waals surface area contributed by atoms with Gasteiger partial charge in [0.05, 0.1) is 6.20 Å². The second-order valence-electron chi connectivity index (χ2n) is 5.16. The molecule has 0 atom stereocenters. The van der Waals surface area contributed by atoms with Crippen LogP contribution in [0.2, 0.25) is 0 Å². The number of aromatic nitrogens is 2. The zero-order valence-electron chi connectivity index (χ0n) is 10.2. The SMILES string of the molecule is CC1(C)CCN(c2nc(NN)ncc2F)CC1. The molecule has 2 heterocycles. The molecule has 1 saturated heterocycles. The largest absolute Gasteiger partial charge is 0.354 e. The number of piperidine rings is 1. The van der Waals surface area contributed by atoms with Crippen LogP contribution in [0.1, 0.15) is 26.7 Å². The number of nitrogens with zero attached hydrogens (tertiary/aromatic N) is 3. The Labute approximate surface area is 100 Å². The maximum Gasteiger partial charge on any atom is 0.239 e. The number of halogens is 1. The smallest absolute Gasteiger partial charge is 0.239 e. The number of hydrogen-bond acceptors (Lipinski definition) is 5. The molecule has 2 rings (SSSR count). The average molecular weight is 239 g/mol. The third-order valence-corrected chi connectivity index (χ3v) is 3.27. The first-order chi connectivity index (χ1) is 8.02. The van der Waals surface area contributed by atoms with E-state index in [1.807, 2.05) is 4.90 Å². The zero-order chi connectivity index (χ0) is 12.5. The Kier molecular flexibility index (Phi) is 3.15. The van der Waals surface area contributed by atoms with Gasteiger partial charge in [-0.15, -0.1) is 0 Å². The highest BCUT2D eigenvalue weighted by atomic mass is 19.1. The van der Waals surface area contributed by atoms with Gasteiger partial charge >= 0.3 is 0 Å².